The van der Waals surface area contributed by atoms with Gasteiger partial charge in [0.2, 0.25) is 0 Å². The smallest absolute Gasteiger partial charge is 0.252 e. The quantitative estimate of drug-likeness (QED) is 0.820. The monoisotopic (exact) mass is 242 g/mol. The van der Waals surface area contributed by atoms with E-state index < -0.39 is 0 Å². The molecule has 0 saturated heterocycles. The molecule has 0 N–H and O–H groups in total. The van der Waals surface area contributed by atoms with E-state index in [9.17, 15) is 0 Å². The lowest BCUT2D eigenvalue weighted by atomic mass is 10.1. The zero-order valence-corrected chi connectivity index (χ0v) is 10.4. The van der Waals surface area contributed by atoms with Gasteiger partial charge in [-0.3, -0.25) is 0 Å². The first-order valence-electron chi connectivity index (χ1n) is 5.69. The molecule has 1 heterocycles. The third-order valence-electron chi connectivity index (χ3n) is 2.61. The fourth-order valence-electron chi connectivity index (χ4n) is 1.72. The first-order valence-corrected chi connectivity index (χ1v) is 5.69. The maximum Gasteiger partial charge on any atom is 0.252 e. The second kappa shape index (κ2) is 5.32. The van der Waals surface area contributed by atoms with Crippen LogP contribution in [0.15, 0.2) is 24.5 Å². The molecule has 0 aliphatic carbocycles. The third kappa shape index (κ3) is 2.66. The van der Waals surface area contributed by atoms with Crippen LogP contribution in [0.4, 0.5) is 0 Å². The molecule has 1 aromatic heterocycles. The first-order chi connectivity index (χ1) is 8.70. The number of ether oxygens (including phenoxy) is 1. The Labute approximate surface area is 106 Å². The zero-order valence-electron chi connectivity index (χ0n) is 10.4. The maximum atomic E-state index is 8.61. The van der Waals surface area contributed by atoms with Gasteiger partial charge in [-0.2, -0.15) is 5.26 Å². The molecule has 0 unspecified atom stereocenters. The fraction of sp³-hybridized carbons (Fsp3) is 0.308. The second-order valence-electron chi connectivity index (χ2n) is 4.01. The maximum absolute atomic E-state index is 8.61. The summed E-state index contributed by atoms with van der Waals surface area (Å²) in [6, 6.07) is 7.94. The van der Waals surface area contributed by atoms with Gasteiger partial charge in [0.15, 0.2) is 0 Å². The molecule has 0 aliphatic heterocycles. The Morgan fingerprint density at radius 3 is 2.67 bits per heavy atom. The summed E-state index contributed by atoms with van der Waals surface area (Å²) in [6.07, 6.45) is 1.53. The van der Waals surface area contributed by atoms with E-state index in [-0.39, 0.29) is 5.82 Å². The summed E-state index contributed by atoms with van der Waals surface area (Å²) in [5.41, 5.74) is 2.23. The summed E-state index contributed by atoms with van der Waals surface area (Å²) in [7, 11) is 0. The van der Waals surface area contributed by atoms with E-state index in [2.05, 4.69) is 10.1 Å². The van der Waals surface area contributed by atoms with Crippen molar-refractivity contribution in [1.82, 2.24) is 14.8 Å². The summed E-state index contributed by atoms with van der Waals surface area (Å²) < 4.78 is 7.35. The zero-order chi connectivity index (χ0) is 13.0. The van der Waals surface area contributed by atoms with Crippen LogP contribution < -0.4 is 4.74 Å². The van der Waals surface area contributed by atoms with Gasteiger partial charge in [-0.1, -0.05) is 18.2 Å². The molecule has 0 saturated carbocycles. The van der Waals surface area contributed by atoms with Crippen LogP contribution in [-0.2, 0) is 6.54 Å². The van der Waals surface area contributed by atoms with Crippen molar-refractivity contribution in [2.75, 3.05) is 6.61 Å². The van der Waals surface area contributed by atoms with Gasteiger partial charge < -0.3 is 4.74 Å². The lowest BCUT2D eigenvalue weighted by Gasteiger charge is -2.11. The minimum absolute atomic E-state index is 0.182. The molecule has 92 valence electrons. The summed E-state index contributed by atoms with van der Waals surface area (Å²) in [5, 5.41) is 12.6. The highest BCUT2D eigenvalue weighted by atomic mass is 16.5. The summed E-state index contributed by atoms with van der Waals surface area (Å²) in [4.78, 5) is 3.83. The number of nitriles is 1. The van der Waals surface area contributed by atoms with Crippen LogP contribution in [0.5, 0.6) is 5.75 Å². The molecule has 2 rings (SSSR count). The Morgan fingerprint density at radius 1 is 1.33 bits per heavy atom. The van der Waals surface area contributed by atoms with Crippen LogP contribution in [0, 0.1) is 25.2 Å². The van der Waals surface area contributed by atoms with Crippen LogP contribution in [0.25, 0.3) is 0 Å². The van der Waals surface area contributed by atoms with Crippen molar-refractivity contribution < 1.29 is 4.74 Å². The van der Waals surface area contributed by atoms with Gasteiger partial charge in [0, 0.05) is 0 Å². The van der Waals surface area contributed by atoms with Gasteiger partial charge >= 0.3 is 0 Å². The molecule has 0 fully saturated rings. The van der Waals surface area contributed by atoms with Crippen molar-refractivity contribution >= 4 is 0 Å². The molecule has 5 heteroatoms. The van der Waals surface area contributed by atoms with Crippen LogP contribution in [0.1, 0.15) is 17.0 Å². The van der Waals surface area contributed by atoms with Gasteiger partial charge in [-0.15, -0.1) is 5.10 Å². The predicted octanol–water partition coefficient (Wildman–Crippen LogP) is 1.85. The molecule has 1 aromatic carbocycles. The molecule has 2 aromatic rings. The van der Waals surface area contributed by atoms with Crippen LogP contribution in [0.2, 0.25) is 0 Å². The van der Waals surface area contributed by atoms with E-state index >= 15 is 0 Å². The lowest BCUT2D eigenvalue weighted by molar-refractivity contribution is 0.287. The highest BCUT2D eigenvalue weighted by molar-refractivity contribution is 5.39. The van der Waals surface area contributed by atoms with Crippen molar-refractivity contribution in [2.45, 2.75) is 20.4 Å². The molecule has 0 radical (unpaired) electrons. The Balaban J connectivity index is 1.94. The van der Waals surface area contributed by atoms with Gasteiger partial charge in [0.05, 0.1) is 6.54 Å². The van der Waals surface area contributed by atoms with E-state index in [0.29, 0.717) is 13.2 Å². The number of aryl methyl sites for hydroxylation is 2. The van der Waals surface area contributed by atoms with E-state index in [1.165, 1.54) is 6.33 Å². The van der Waals surface area contributed by atoms with Crippen LogP contribution in [-0.4, -0.2) is 21.4 Å². The van der Waals surface area contributed by atoms with Crippen LogP contribution >= 0.6 is 0 Å². The van der Waals surface area contributed by atoms with E-state index in [4.69, 9.17) is 10.00 Å². The van der Waals surface area contributed by atoms with Crippen LogP contribution in [0.3, 0.4) is 0 Å². The molecular formula is C13H14N4O. The van der Waals surface area contributed by atoms with E-state index in [1.54, 1.807) is 4.68 Å². The van der Waals surface area contributed by atoms with Gasteiger partial charge in [-0.05, 0) is 25.0 Å². The molecule has 0 amide bonds. The SMILES string of the molecule is Cc1cccc(C)c1OCCn1cnc(C#N)n1. The summed E-state index contributed by atoms with van der Waals surface area (Å²) in [5.74, 6) is 1.10. The Morgan fingerprint density at radius 2 is 2.06 bits per heavy atom. The fourth-order valence-corrected chi connectivity index (χ4v) is 1.72. The van der Waals surface area contributed by atoms with Crippen molar-refractivity contribution in [3.8, 4) is 11.8 Å². The Hall–Kier alpha value is -2.35. The van der Waals surface area contributed by atoms with Crippen molar-refractivity contribution in [3.63, 3.8) is 0 Å². The number of benzene rings is 1. The van der Waals surface area contributed by atoms with Crippen molar-refractivity contribution in [2.24, 2.45) is 0 Å². The lowest BCUT2D eigenvalue weighted by Crippen LogP contribution is -2.10. The summed E-state index contributed by atoms with van der Waals surface area (Å²) >= 11 is 0. The molecule has 18 heavy (non-hydrogen) atoms. The number of rotatable bonds is 4. The standard InChI is InChI=1S/C13H14N4O/c1-10-4-3-5-11(2)13(10)18-7-6-17-9-15-12(8-14)16-17/h3-5,9H,6-7H2,1-2H3. The van der Waals surface area contributed by atoms with Crippen molar-refractivity contribution in [1.29, 1.82) is 5.26 Å². The average molecular weight is 242 g/mol. The van der Waals surface area contributed by atoms with Crippen molar-refractivity contribution in [3.05, 3.63) is 41.5 Å². The molecule has 0 atom stereocenters. The minimum Gasteiger partial charge on any atom is -0.491 e. The van der Waals surface area contributed by atoms with E-state index in [0.717, 1.165) is 16.9 Å². The molecule has 0 aliphatic rings. The largest absolute Gasteiger partial charge is 0.491 e. The number of hydrogen-bond donors (Lipinski definition) is 0. The number of aromatic nitrogens is 3. The van der Waals surface area contributed by atoms with Gasteiger partial charge in [0.25, 0.3) is 5.82 Å². The number of nitrogens with zero attached hydrogens (tertiary/aromatic N) is 4. The number of hydrogen-bond acceptors (Lipinski definition) is 4. The molecule has 0 spiro atoms. The Bertz CT molecular complexity index is 563. The van der Waals surface area contributed by atoms with E-state index in [1.807, 2.05) is 38.1 Å². The molecular weight excluding hydrogens is 228 g/mol. The first kappa shape index (κ1) is 12.1. The van der Waals surface area contributed by atoms with Gasteiger partial charge in [-0.25, -0.2) is 9.67 Å². The average Bonchev–Trinajstić information content (AvgIpc) is 2.81. The highest BCUT2D eigenvalue weighted by Gasteiger charge is 2.03. The normalized spacial score (nSPS) is 10.1. The van der Waals surface area contributed by atoms with Gasteiger partial charge in [0.1, 0.15) is 24.8 Å². The topological polar surface area (TPSA) is 63.7 Å². The predicted molar refractivity (Wildman–Crippen MR) is 66.1 cm³/mol. The summed E-state index contributed by atoms with van der Waals surface area (Å²) in [6.45, 7) is 5.11. The second-order valence-corrected chi connectivity index (χ2v) is 4.01. The number of para-hydroxylation sites is 1. The molecule has 5 nitrogen and oxygen atoms in total. The third-order valence-corrected chi connectivity index (χ3v) is 2.61. The highest BCUT2D eigenvalue weighted by Crippen LogP contribution is 2.22. The molecule has 0 bridgehead atoms. The Kier molecular flexibility index (Phi) is 3.58. The minimum atomic E-state index is 0.182.